The van der Waals surface area contributed by atoms with Crippen molar-refractivity contribution in [2.24, 2.45) is 11.5 Å². The Bertz CT molecular complexity index is 883. The van der Waals surface area contributed by atoms with E-state index >= 15 is 0 Å². The number of ether oxygens (including phenoxy) is 3. The number of nitrogens with one attached hydrogen (secondary N) is 2. The highest BCUT2D eigenvalue weighted by atomic mass is 16.6. The zero-order chi connectivity index (χ0) is 21.4. The van der Waals surface area contributed by atoms with Gasteiger partial charge < -0.3 is 31.0 Å². The van der Waals surface area contributed by atoms with Gasteiger partial charge in [-0.05, 0) is 49.4 Å². The van der Waals surface area contributed by atoms with Crippen molar-refractivity contribution in [1.82, 2.24) is 0 Å². The van der Waals surface area contributed by atoms with Crippen LogP contribution in [0.3, 0.4) is 0 Å². The quantitative estimate of drug-likeness (QED) is 0.206. The van der Waals surface area contributed by atoms with Crippen LogP contribution in [-0.2, 0) is 14.3 Å². The Kier molecular flexibility index (Phi) is 7.41. The number of amides is 1. The highest BCUT2D eigenvalue weighted by Gasteiger charge is 2.21. The predicted octanol–water partition coefficient (Wildman–Crippen LogP) is 1.91. The number of esters is 1. The molecule has 0 spiro atoms. The molecule has 0 aliphatic rings. The summed E-state index contributed by atoms with van der Waals surface area (Å²) in [4.78, 5) is 22.8. The molecular weight excluding hydrogens is 376 g/mol. The summed E-state index contributed by atoms with van der Waals surface area (Å²) in [6, 6.07) is 11.7. The van der Waals surface area contributed by atoms with E-state index in [1.807, 2.05) is 6.92 Å². The number of amidine groups is 1. The molecule has 0 fully saturated rings. The highest BCUT2D eigenvalue weighted by Crippen LogP contribution is 2.33. The minimum absolute atomic E-state index is 0.0559. The zero-order valence-corrected chi connectivity index (χ0v) is 16.2. The van der Waals surface area contributed by atoms with Crippen molar-refractivity contribution >= 4 is 23.4 Å². The third-order valence-electron chi connectivity index (χ3n) is 3.72. The molecule has 9 nitrogen and oxygen atoms in total. The molecule has 0 aromatic heterocycles. The number of hydrogen-bond donors (Lipinski definition) is 4. The molecule has 2 rings (SSSR count). The van der Waals surface area contributed by atoms with Gasteiger partial charge in [0.15, 0.2) is 6.61 Å². The second kappa shape index (κ2) is 9.98. The number of rotatable bonds is 10. The fourth-order valence-electron chi connectivity index (χ4n) is 2.50. The summed E-state index contributed by atoms with van der Waals surface area (Å²) in [5, 5.41) is 10.6. The summed E-state index contributed by atoms with van der Waals surface area (Å²) in [6.07, 6.45) is -0.932. The van der Waals surface area contributed by atoms with Crippen molar-refractivity contribution in [3.05, 3.63) is 53.6 Å². The van der Waals surface area contributed by atoms with Crippen LogP contribution in [-0.4, -0.2) is 30.9 Å². The number of nitrogen functional groups attached to an aromatic ring is 1. The van der Waals surface area contributed by atoms with Gasteiger partial charge in [-0.15, -0.1) is 0 Å². The first kappa shape index (κ1) is 21.5. The SMILES string of the molecule is CCOc1ccc(OCC(N)=O)c(C(Nc2ccc(C(=N)N)cc2)OC(C)=O)c1. The molecular formula is C20H24N4O5. The lowest BCUT2D eigenvalue weighted by atomic mass is 10.1. The molecule has 0 saturated carbocycles. The van der Waals surface area contributed by atoms with Crippen LogP contribution in [0.25, 0.3) is 0 Å². The van der Waals surface area contributed by atoms with Crippen molar-refractivity contribution < 1.29 is 23.8 Å². The van der Waals surface area contributed by atoms with Crippen LogP contribution in [0.15, 0.2) is 42.5 Å². The van der Waals surface area contributed by atoms with Gasteiger partial charge in [0.1, 0.15) is 17.3 Å². The predicted molar refractivity (Wildman–Crippen MR) is 108 cm³/mol. The van der Waals surface area contributed by atoms with Crippen LogP contribution in [0.1, 0.15) is 31.2 Å². The molecule has 9 heteroatoms. The molecule has 1 atom stereocenters. The lowest BCUT2D eigenvalue weighted by Crippen LogP contribution is -2.22. The molecule has 2 aromatic carbocycles. The molecule has 29 heavy (non-hydrogen) atoms. The second-order valence-corrected chi connectivity index (χ2v) is 6.01. The molecule has 0 radical (unpaired) electrons. The number of hydrogen-bond acceptors (Lipinski definition) is 7. The molecule has 0 aliphatic heterocycles. The smallest absolute Gasteiger partial charge is 0.304 e. The van der Waals surface area contributed by atoms with Crippen molar-refractivity contribution in [3.8, 4) is 11.5 Å². The Balaban J connectivity index is 2.39. The van der Waals surface area contributed by atoms with E-state index in [1.165, 1.54) is 6.92 Å². The van der Waals surface area contributed by atoms with E-state index in [0.717, 1.165) is 0 Å². The molecule has 6 N–H and O–H groups in total. The Morgan fingerprint density at radius 3 is 2.34 bits per heavy atom. The van der Waals surface area contributed by atoms with E-state index in [0.29, 0.717) is 34.9 Å². The summed E-state index contributed by atoms with van der Waals surface area (Å²) in [5.74, 6) is -0.363. The first-order valence-corrected chi connectivity index (χ1v) is 8.86. The first-order chi connectivity index (χ1) is 13.8. The monoisotopic (exact) mass is 400 g/mol. The topological polar surface area (TPSA) is 150 Å². The third kappa shape index (κ3) is 6.42. The van der Waals surface area contributed by atoms with E-state index in [1.54, 1.807) is 42.5 Å². The fourth-order valence-corrected chi connectivity index (χ4v) is 2.50. The summed E-state index contributed by atoms with van der Waals surface area (Å²) in [7, 11) is 0. The minimum Gasteiger partial charge on any atom is -0.494 e. The highest BCUT2D eigenvalue weighted by molar-refractivity contribution is 5.95. The van der Waals surface area contributed by atoms with Gasteiger partial charge in [-0.2, -0.15) is 0 Å². The van der Waals surface area contributed by atoms with E-state index in [-0.39, 0.29) is 12.4 Å². The van der Waals surface area contributed by atoms with Crippen molar-refractivity contribution in [2.45, 2.75) is 20.1 Å². The van der Waals surface area contributed by atoms with Crippen LogP contribution in [0.4, 0.5) is 5.69 Å². The number of carbonyl (C=O) groups excluding carboxylic acids is 2. The fraction of sp³-hybridized carbons (Fsp3) is 0.250. The Morgan fingerprint density at radius 1 is 1.10 bits per heavy atom. The van der Waals surface area contributed by atoms with Crippen LogP contribution >= 0.6 is 0 Å². The Morgan fingerprint density at radius 2 is 1.79 bits per heavy atom. The number of carbonyl (C=O) groups is 2. The molecule has 154 valence electrons. The summed E-state index contributed by atoms with van der Waals surface area (Å²) >= 11 is 0. The molecule has 0 aliphatic carbocycles. The third-order valence-corrected chi connectivity index (χ3v) is 3.72. The average molecular weight is 400 g/mol. The van der Waals surface area contributed by atoms with Gasteiger partial charge in [-0.1, -0.05) is 0 Å². The number of primary amides is 1. The molecule has 1 unspecified atom stereocenters. The maximum atomic E-state index is 11.7. The van der Waals surface area contributed by atoms with Crippen LogP contribution in [0.5, 0.6) is 11.5 Å². The number of nitrogens with two attached hydrogens (primary N) is 2. The summed E-state index contributed by atoms with van der Waals surface area (Å²) in [6.45, 7) is 3.24. The van der Waals surface area contributed by atoms with Gasteiger partial charge in [-0.25, -0.2) is 0 Å². The Hall–Kier alpha value is -3.75. The Labute approximate surface area is 168 Å². The van der Waals surface area contributed by atoms with Crippen molar-refractivity contribution in [2.75, 3.05) is 18.5 Å². The molecule has 0 saturated heterocycles. The summed E-state index contributed by atoms with van der Waals surface area (Å²) in [5.41, 5.74) is 12.3. The van der Waals surface area contributed by atoms with E-state index in [4.69, 9.17) is 31.1 Å². The lowest BCUT2D eigenvalue weighted by molar-refractivity contribution is -0.145. The van der Waals surface area contributed by atoms with Crippen LogP contribution in [0, 0.1) is 5.41 Å². The largest absolute Gasteiger partial charge is 0.494 e. The van der Waals surface area contributed by atoms with Gasteiger partial charge in [0.05, 0.1) is 12.2 Å². The van der Waals surface area contributed by atoms with Gasteiger partial charge in [0.25, 0.3) is 5.91 Å². The number of benzene rings is 2. The molecule has 0 heterocycles. The summed E-state index contributed by atoms with van der Waals surface area (Å²) < 4.78 is 16.4. The van der Waals surface area contributed by atoms with E-state index in [9.17, 15) is 9.59 Å². The lowest BCUT2D eigenvalue weighted by Gasteiger charge is -2.23. The van der Waals surface area contributed by atoms with Gasteiger partial charge in [-0.3, -0.25) is 15.0 Å². The van der Waals surface area contributed by atoms with Gasteiger partial charge >= 0.3 is 5.97 Å². The standard InChI is InChI=1S/C20H24N4O5/c1-3-27-15-8-9-17(28-11-18(21)26)16(10-15)20(29-12(2)25)24-14-6-4-13(5-7-14)19(22)23/h4-10,20,24H,3,11H2,1-2H3,(H2,21,26)(H3,22,23). The second-order valence-electron chi connectivity index (χ2n) is 6.01. The molecule has 0 bridgehead atoms. The maximum Gasteiger partial charge on any atom is 0.304 e. The molecule has 1 amide bonds. The maximum absolute atomic E-state index is 11.7. The molecule has 2 aromatic rings. The van der Waals surface area contributed by atoms with Crippen LogP contribution < -0.4 is 26.3 Å². The van der Waals surface area contributed by atoms with Crippen LogP contribution in [0.2, 0.25) is 0 Å². The zero-order valence-electron chi connectivity index (χ0n) is 16.2. The average Bonchev–Trinajstić information content (AvgIpc) is 2.66. The number of anilines is 1. The first-order valence-electron chi connectivity index (χ1n) is 8.86. The minimum atomic E-state index is -0.932. The van der Waals surface area contributed by atoms with Gasteiger partial charge in [0.2, 0.25) is 6.23 Å². The van der Waals surface area contributed by atoms with Crippen molar-refractivity contribution in [3.63, 3.8) is 0 Å². The van der Waals surface area contributed by atoms with Crippen molar-refractivity contribution in [1.29, 1.82) is 5.41 Å². The normalized spacial score (nSPS) is 11.2. The van der Waals surface area contributed by atoms with Gasteiger partial charge in [0, 0.05) is 18.2 Å². The van der Waals surface area contributed by atoms with E-state index < -0.39 is 18.1 Å². The van der Waals surface area contributed by atoms with E-state index in [2.05, 4.69) is 5.32 Å².